The van der Waals surface area contributed by atoms with E-state index in [0.29, 0.717) is 23.3 Å². The Kier molecular flexibility index (Phi) is 4.64. The fraction of sp³-hybridized carbons (Fsp3) is 0.235. The van der Waals surface area contributed by atoms with Crippen molar-refractivity contribution in [2.75, 3.05) is 23.5 Å². The van der Waals surface area contributed by atoms with E-state index in [1.807, 2.05) is 20.9 Å². The number of hydrogen-bond donors (Lipinski definition) is 1. The van der Waals surface area contributed by atoms with Gasteiger partial charge in [0.25, 0.3) is 0 Å². The molecule has 0 atom stereocenters. The van der Waals surface area contributed by atoms with E-state index in [0.717, 1.165) is 11.3 Å². The Bertz CT molecular complexity index is 1050. The molecule has 1 aromatic carbocycles. The Hall–Kier alpha value is -2.94. The van der Waals surface area contributed by atoms with Crippen LogP contribution in [0.3, 0.4) is 0 Å². The topological polar surface area (TPSA) is 101 Å². The maximum atomic E-state index is 11.7. The van der Waals surface area contributed by atoms with Gasteiger partial charge in [0.2, 0.25) is 11.8 Å². The lowest BCUT2D eigenvalue weighted by Gasteiger charge is -2.16. The monoisotopic (exact) mass is 373 g/mol. The number of aromatic nitrogens is 3. The number of aryl methyl sites for hydroxylation is 1. The first-order valence-electron chi connectivity index (χ1n) is 7.82. The van der Waals surface area contributed by atoms with Crippen LogP contribution in [0.4, 0.5) is 23.3 Å². The third kappa shape index (κ3) is 3.67. The molecule has 9 heteroatoms. The van der Waals surface area contributed by atoms with E-state index in [9.17, 15) is 8.42 Å². The number of anilines is 4. The summed E-state index contributed by atoms with van der Waals surface area (Å²) in [6.07, 6.45) is 2.78. The third-order valence-electron chi connectivity index (χ3n) is 3.94. The van der Waals surface area contributed by atoms with Gasteiger partial charge < -0.3 is 9.84 Å². The predicted molar refractivity (Wildman–Crippen MR) is 98.9 cm³/mol. The van der Waals surface area contributed by atoms with E-state index in [4.69, 9.17) is 4.52 Å². The Morgan fingerprint density at radius 1 is 1.19 bits per heavy atom. The van der Waals surface area contributed by atoms with Gasteiger partial charge in [-0.1, -0.05) is 11.2 Å². The molecule has 0 aliphatic rings. The summed E-state index contributed by atoms with van der Waals surface area (Å²) in [6.45, 7) is 3.80. The van der Waals surface area contributed by atoms with Gasteiger partial charge in [-0.05, 0) is 38.1 Å². The van der Waals surface area contributed by atoms with Gasteiger partial charge in [-0.25, -0.2) is 13.4 Å². The molecule has 2 heterocycles. The van der Waals surface area contributed by atoms with Crippen LogP contribution in [0.15, 0.2) is 45.9 Å². The predicted octanol–water partition coefficient (Wildman–Crippen LogP) is 3.00. The molecule has 0 radical (unpaired) electrons. The molecule has 0 spiro atoms. The number of nitrogens with zero attached hydrogens (tertiary/aromatic N) is 4. The highest BCUT2D eigenvalue weighted by atomic mass is 32.2. The molecule has 8 nitrogen and oxygen atoms in total. The Morgan fingerprint density at radius 2 is 1.96 bits per heavy atom. The van der Waals surface area contributed by atoms with E-state index in [1.54, 1.807) is 41.4 Å². The smallest absolute Gasteiger partial charge is 0.235 e. The summed E-state index contributed by atoms with van der Waals surface area (Å²) in [5.41, 5.74) is 2.33. The maximum Gasteiger partial charge on any atom is 0.235 e. The Balaban J connectivity index is 1.87. The average Bonchev–Trinajstić information content (AvgIpc) is 2.93. The van der Waals surface area contributed by atoms with Crippen LogP contribution in [0.25, 0.3) is 0 Å². The van der Waals surface area contributed by atoms with E-state index in [1.165, 1.54) is 6.26 Å². The minimum atomic E-state index is -3.29. The van der Waals surface area contributed by atoms with Crippen molar-refractivity contribution in [3.05, 3.63) is 47.8 Å². The molecule has 3 rings (SSSR count). The van der Waals surface area contributed by atoms with Crippen LogP contribution >= 0.6 is 0 Å². The molecule has 1 N–H and O–H groups in total. The van der Waals surface area contributed by atoms with Crippen molar-refractivity contribution in [3.63, 3.8) is 0 Å². The van der Waals surface area contributed by atoms with Gasteiger partial charge in [0, 0.05) is 30.8 Å². The zero-order chi connectivity index (χ0) is 18.9. The van der Waals surface area contributed by atoms with Gasteiger partial charge in [-0.2, -0.15) is 4.98 Å². The first-order chi connectivity index (χ1) is 12.3. The summed E-state index contributed by atoms with van der Waals surface area (Å²) < 4.78 is 28.7. The van der Waals surface area contributed by atoms with Crippen molar-refractivity contribution in [1.82, 2.24) is 15.1 Å². The zero-order valence-corrected chi connectivity index (χ0v) is 15.7. The lowest BCUT2D eigenvalue weighted by Crippen LogP contribution is -2.12. The van der Waals surface area contributed by atoms with Crippen molar-refractivity contribution in [2.45, 2.75) is 18.7 Å². The van der Waals surface area contributed by atoms with Crippen molar-refractivity contribution in [2.24, 2.45) is 0 Å². The minimum absolute atomic E-state index is 0.225. The molecule has 26 heavy (non-hydrogen) atoms. The second kappa shape index (κ2) is 6.75. The van der Waals surface area contributed by atoms with Crippen molar-refractivity contribution >= 4 is 33.2 Å². The molecule has 0 amide bonds. The molecule has 3 aromatic rings. The summed E-state index contributed by atoms with van der Waals surface area (Å²) in [5, 5.41) is 6.98. The molecule has 0 saturated carbocycles. The van der Waals surface area contributed by atoms with Gasteiger partial charge in [-0.3, -0.25) is 4.90 Å². The lowest BCUT2D eigenvalue weighted by atomic mass is 10.3. The van der Waals surface area contributed by atoms with Crippen LogP contribution < -0.4 is 10.2 Å². The largest absolute Gasteiger partial charge is 0.338 e. The van der Waals surface area contributed by atoms with Crippen LogP contribution in [0.5, 0.6) is 0 Å². The fourth-order valence-corrected chi connectivity index (χ4v) is 3.02. The van der Waals surface area contributed by atoms with Crippen LogP contribution in [0.2, 0.25) is 0 Å². The summed E-state index contributed by atoms with van der Waals surface area (Å²) in [6, 6.07) is 8.24. The van der Waals surface area contributed by atoms with Gasteiger partial charge >= 0.3 is 0 Å². The van der Waals surface area contributed by atoms with Crippen LogP contribution in [0.1, 0.15) is 11.3 Å². The summed E-state index contributed by atoms with van der Waals surface area (Å²) in [5.74, 6) is 1.56. The summed E-state index contributed by atoms with van der Waals surface area (Å²) in [4.78, 5) is 10.6. The van der Waals surface area contributed by atoms with Crippen molar-refractivity contribution < 1.29 is 12.9 Å². The van der Waals surface area contributed by atoms with Crippen LogP contribution in [0, 0.1) is 13.8 Å². The van der Waals surface area contributed by atoms with Gasteiger partial charge in [-0.15, -0.1) is 0 Å². The molecule has 0 aliphatic carbocycles. The number of nitrogens with one attached hydrogen (secondary N) is 1. The Labute approximate surface area is 151 Å². The highest BCUT2D eigenvalue weighted by Crippen LogP contribution is 2.27. The van der Waals surface area contributed by atoms with Gasteiger partial charge in [0.05, 0.1) is 10.6 Å². The van der Waals surface area contributed by atoms with Crippen molar-refractivity contribution in [1.29, 1.82) is 0 Å². The highest BCUT2D eigenvalue weighted by molar-refractivity contribution is 7.90. The van der Waals surface area contributed by atoms with Crippen LogP contribution in [-0.2, 0) is 9.84 Å². The average molecular weight is 373 g/mol. The second-order valence-corrected chi connectivity index (χ2v) is 7.94. The molecular formula is C17H19N5O3S. The van der Waals surface area contributed by atoms with Gasteiger partial charge in [0.15, 0.2) is 9.84 Å². The summed E-state index contributed by atoms with van der Waals surface area (Å²) >= 11 is 0. The second-order valence-electron chi connectivity index (χ2n) is 5.92. The molecule has 0 fully saturated rings. The third-order valence-corrected chi connectivity index (χ3v) is 5.05. The number of sulfone groups is 1. The first-order valence-corrected chi connectivity index (χ1v) is 9.71. The maximum absolute atomic E-state index is 11.7. The normalized spacial score (nSPS) is 11.4. The number of benzene rings is 1. The van der Waals surface area contributed by atoms with E-state index in [2.05, 4.69) is 20.4 Å². The van der Waals surface area contributed by atoms with Gasteiger partial charge in [0.1, 0.15) is 5.82 Å². The molecule has 136 valence electrons. The summed E-state index contributed by atoms with van der Waals surface area (Å²) in [7, 11) is -1.46. The molecule has 0 aliphatic heterocycles. The molecule has 2 aromatic heterocycles. The van der Waals surface area contributed by atoms with E-state index >= 15 is 0 Å². The molecular weight excluding hydrogens is 354 g/mol. The van der Waals surface area contributed by atoms with E-state index < -0.39 is 9.84 Å². The highest BCUT2D eigenvalue weighted by Gasteiger charge is 2.16. The SMILES string of the molecule is Cc1noc(N(C)c2ccnc(Nc3cccc(S(C)(=O)=O)c3)n2)c1C. The lowest BCUT2D eigenvalue weighted by molar-refractivity contribution is 0.420. The molecule has 0 bridgehead atoms. The van der Waals surface area contributed by atoms with Crippen molar-refractivity contribution in [3.8, 4) is 0 Å². The fourth-order valence-electron chi connectivity index (χ4n) is 2.35. The first kappa shape index (κ1) is 17.9. The minimum Gasteiger partial charge on any atom is -0.338 e. The molecule has 0 unspecified atom stereocenters. The zero-order valence-electron chi connectivity index (χ0n) is 14.9. The quantitative estimate of drug-likeness (QED) is 0.728. The number of hydrogen-bond acceptors (Lipinski definition) is 8. The number of rotatable bonds is 5. The molecule has 0 saturated heterocycles. The van der Waals surface area contributed by atoms with Crippen LogP contribution in [-0.4, -0.2) is 36.8 Å². The standard InChI is InChI=1S/C17H19N5O3S/c1-11-12(2)21-25-16(11)22(3)15-8-9-18-17(20-15)19-13-6-5-7-14(10-13)26(4,23)24/h5-10H,1-4H3,(H,18,19,20). The van der Waals surface area contributed by atoms with E-state index in [-0.39, 0.29) is 4.90 Å². The Morgan fingerprint density at radius 3 is 2.62 bits per heavy atom.